The minimum atomic E-state index is -3.89. The number of aryl methyl sites for hydroxylation is 2. The summed E-state index contributed by atoms with van der Waals surface area (Å²) < 4.78 is 23.2. The molecule has 0 radical (unpaired) electrons. The summed E-state index contributed by atoms with van der Waals surface area (Å²) in [5.74, 6) is 1.10. The van der Waals surface area contributed by atoms with Crippen LogP contribution >= 0.6 is 7.60 Å². The van der Waals surface area contributed by atoms with Crippen LogP contribution in [0.3, 0.4) is 0 Å². The molecule has 170 valence electrons. The normalized spacial score (nSPS) is 13.2. The Morgan fingerprint density at radius 3 is 2.22 bits per heavy atom. The SMILES string of the molecule is Cc1cc(OCP(=O)(O)OCc2ccccc2)cc(C)c1Cc1ccc(O)c(C(C)C)c1. The van der Waals surface area contributed by atoms with Crippen LogP contribution < -0.4 is 4.74 Å². The summed E-state index contributed by atoms with van der Waals surface area (Å²) in [5, 5.41) is 10.1. The van der Waals surface area contributed by atoms with Crippen LogP contribution in [0.4, 0.5) is 0 Å². The lowest BCUT2D eigenvalue weighted by Crippen LogP contribution is -2.04. The maximum absolute atomic E-state index is 12.3. The predicted molar refractivity (Wildman–Crippen MR) is 127 cm³/mol. The minimum absolute atomic E-state index is 0.0555. The Morgan fingerprint density at radius 1 is 0.938 bits per heavy atom. The van der Waals surface area contributed by atoms with Crippen molar-refractivity contribution < 1.29 is 23.8 Å². The summed E-state index contributed by atoms with van der Waals surface area (Å²) in [6.07, 6.45) is 0.324. The molecule has 1 atom stereocenters. The van der Waals surface area contributed by atoms with Gasteiger partial charge in [-0.2, -0.15) is 0 Å². The summed E-state index contributed by atoms with van der Waals surface area (Å²) in [7, 11) is -3.89. The van der Waals surface area contributed by atoms with Gasteiger partial charge in [-0.1, -0.05) is 56.3 Å². The van der Waals surface area contributed by atoms with Crippen LogP contribution in [0.15, 0.2) is 60.7 Å². The lowest BCUT2D eigenvalue weighted by atomic mass is 9.93. The van der Waals surface area contributed by atoms with Gasteiger partial charge in [0, 0.05) is 0 Å². The van der Waals surface area contributed by atoms with Crippen molar-refractivity contribution in [2.75, 3.05) is 6.35 Å². The second kappa shape index (κ2) is 10.4. The second-order valence-electron chi connectivity index (χ2n) is 8.43. The Kier molecular flexibility index (Phi) is 7.78. The number of phenolic OH excluding ortho intramolecular Hbond substituents is 1. The second-order valence-corrected chi connectivity index (χ2v) is 10.2. The van der Waals surface area contributed by atoms with E-state index in [1.807, 2.05) is 62.4 Å². The lowest BCUT2D eigenvalue weighted by molar-refractivity contribution is 0.223. The quantitative estimate of drug-likeness (QED) is 0.363. The number of benzene rings is 3. The van der Waals surface area contributed by atoms with Gasteiger partial charge in [-0.25, -0.2) is 0 Å². The van der Waals surface area contributed by atoms with E-state index in [1.54, 1.807) is 6.07 Å². The van der Waals surface area contributed by atoms with Gasteiger partial charge in [0.2, 0.25) is 0 Å². The number of aromatic hydroxyl groups is 1. The largest absolute Gasteiger partial charge is 0.508 e. The first kappa shape index (κ1) is 24.1. The van der Waals surface area contributed by atoms with E-state index in [4.69, 9.17) is 9.26 Å². The lowest BCUT2D eigenvalue weighted by Gasteiger charge is -2.17. The summed E-state index contributed by atoms with van der Waals surface area (Å²) in [6.45, 7) is 8.18. The number of hydrogen-bond donors (Lipinski definition) is 2. The third kappa shape index (κ3) is 6.46. The van der Waals surface area contributed by atoms with Crippen molar-refractivity contribution in [2.45, 2.75) is 46.6 Å². The molecule has 0 spiro atoms. The van der Waals surface area contributed by atoms with Gasteiger partial charge in [0.15, 0.2) is 6.35 Å². The van der Waals surface area contributed by atoms with Gasteiger partial charge in [0.25, 0.3) is 0 Å². The van der Waals surface area contributed by atoms with E-state index in [0.29, 0.717) is 11.5 Å². The molecule has 0 aliphatic rings. The Hall–Kier alpha value is -2.59. The predicted octanol–water partition coefficient (Wildman–Crippen LogP) is 6.46. The molecular formula is C26H31O5P. The molecule has 3 aromatic rings. The molecule has 0 saturated heterocycles. The summed E-state index contributed by atoms with van der Waals surface area (Å²) in [6, 6.07) is 18.8. The molecule has 0 aromatic heterocycles. The van der Waals surface area contributed by atoms with Crippen molar-refractivity contribution in [3.8, 4) is 11.5 Å². The van der Waals surface area contributed by atoms with E-state index >= 15 is 0 Å². The van der Waals surface area contributed by atoms with Crippen molar-refractivity contribution in [1.82, 2.24) is 0 Å². The first-order valence-electron chi connectivity index (χ1n) is 10.7. The molecule has 0 aliphatic carbocycles. The number of phenols is 1. The highest BCUT2D eigenvalue weighted by atomic mass is 31.2. The Labute approximate surface area is 190 Å². The van der Waals surface area contributed by atoms with Crippen LogP contribution in [0.1, 0.15) is 53.1 Å². The van der Waals surface area contributed by atoms with Crippen LogP contribution in [-0.4, -0.2) is 16.3 Å². The third-order valence-electron chi connectivity index (χ3n) is 5.43. The number of rotatable bonds is 9. The number of hydrogen-bond acceptors (Lipinski definition) is 4. The highest BCUT2D eigenvalue weighted by Gasteiger charge is 2.21. The van der Waals surface area contributed by atoms with E-state index in [9.17, 15) is 14.6 Å². The zero-order valence-corrected chi connectivity index (χ0v) is 19.9. The average molecular weight is 455 g/mol. The molecule has 0 fully saturated rings. The van der Waals surface area contributed by atoms with Crippen LogP contribution in [-0.2, 0) is 22.1 Å². The monoisotopic (exact) mass is 454 g/mol. The van der Waals surface area contributed by atoms with Gasteiger partial charge in [-0.05, 0) is 77.8 Å². The van der Waals surface area contributed by atoms with Gasteiger partial charge in [-0.15, -0.1) is 0 Å². The van der Waals surface area contributed by atoms with E-state index in [-0.39, 0.29) is 12.5 Å². The van der Waals surface area contributed by atoms with Gasteiger partial charge >= 0.3 is 7.60 Å². The molecule has 0 aliphatic heterocycles. The van der Waals surface area contributed by atoms with E-state index < -0.39 is 13.9 Å². The fourth-order valence-corrected chi connectivity index (χ4v) is 4.38. The van der Waals surface area contributed by atoms with Gasteiger partial charge in [0.05, 0.1) is 6.61 Å². The van der Waals surface area contributed by atoms with E-state index in [1.165, 1.54) is 5.56 Å². The zero-order chi connectivity index (χ0) is 23.3. The van der Waals surface area contributed by atoms with Crippen LogP contribution in [0.2, 0.25) is 0 Å². The molecule has 3 rings (SSSR count). The smallest absolute Gasteiger partial charge is 0.365 e. The van der Waals surface area contributed by atoms with Crippen molar-refractivity contribution >= 4 is 7.60 Å². The first-order chi connectivity index (χ1) is 15.1. The fourth-order valence-electron chi connectivity index (χ4n) is 3.64. The maximum atomic E-state index is 12.3. The molecule has 0 amide bonds. The van der Waals surface area contributed by atoms with Crippen molar-refractivity contribution in [1.29, 1.82) is 0 Å². The molecule has 6 heteroatoms. The van der Waals surface area contributed by atoms with Crippen molar-refractivity contribution in [2.24, 2.45) is 0 Å². The Balaban J connectivity index is 1.66. The van der Waals surface area contributed by atoms with E-state index in [0.717, 1.165) is 34.2 Å². The van der Waals surface area contributed by atoms with Crippen LogP contribution in [0.25, 0.3) is 0 Å². The molecule has 1 unspecified atom stereocenters. The molecule has 0 heterocycles. The Morgan fingerprint density at radius 2 is 1.59 bits per heavy atom. The average Bonchev–Trinajstić information content (AvgIpc) is 2.75. The van der Waals surface area contributed by atoms with Gasteiger partial charge in [-0.3, -0.25) is 4.57 Å². The van der Waals surface area contributed by atoms with Crippen LogP contribution in [0, 0.1) is 13.8 Å². The fraction of sp³-hybridized carbons (Fsp3) is 0.308. The van der Waals surface area contributed by atoms with Crippen LogP contribution in [0.5, 0.6) is 11.5 Å². The highest BCUT2D eigenvalue weighted by molar-refractivity contribution is 7.52. The number of ether oxygens (including phenoxy) is 1. The summed E-state index contributed by atoms with van der Waals surface area (Å²) in [4.78, 5) is 10.1. The summed E-state index contributed by atoms with van der Waals surface area (Å²) in [5.41, 5.74) is 6.14. The standard InChI is InChI=1S/C26H31O5P/c1-18(2)24-14-22(10-11-26(24)27)15-25-19(3)12-23(13-20(25)4)30-17-32(28,29)31-16-21-8-6-5-7-9-21/h5-14,18,27H,15-17H2,1-4H3,(H,28,29). The molecular weight excluding hydrogens is 423 g/mol. The molecule has 0 saturated carbocycles. The molecule has 0 bridgehead atoms. The highest BCUT2D eigenvalue weighted by Crippen LogP contribution is 2.43. The molecule has 32 heavy (non-hydrogen) atoms. The molecule has 2 N–H and O–H groups in total. The van der Waals surface area contributed by atoms with E-state index in [2.05, 4.69) is 19.9 Å². The zero-order valence-electron chi connectivity index (χ0n) is 19.0. The molecule has 5 nitrogen and oxygen atoms in total. The Bertz CT molecular complexity index is 1090. The maximum Gasteiger partial charge on any atom is 0.365 e. The minimum Gasteiger partial charge on any atom is -0.508 e. The van der Waals surface area contributed by atoms with Gasteiger partial charge < -0.3 is 19.3 Å². The van der Waals surface area contributed by atoms with Gasteiger partial charge in [0.1, 0.15) is 11.5 Å². The first-order valence-corrected chi connectivity index (χ1v) is 12.5. The van der Waals surface area contributed by atoms with Crippen molar-refractivity contribution in [3.05, 3.63) is 94.0 Å². The summed E-state index contributed by atoms with van der Waals surface area (Å²) >= 11 is 0. The molecule has 3 aromatic carbocycles. The van der Waals surface area contributed by atoms with Crippen molar-refractivity contribution in [3.63, 3.8) is 0 Å². The third-order valence-corrected chi connectivity index (χ3v) is 6.42. The topological polar surface area (TPSA) is 76.0 Å².